The summed E-state index contributed by atoms with van der Waals surface area (Å²) >= 11 is 1.16. The summed E-state index contributed by atoms with van der Waals surface area (Å²) in [6, 6.07) is 21.2. The van der Waals surface area contributed by atoms with Gasteiger partial charge in [0.2, 0.25) is 4.96 Å². The molecule has 166 valence electrons. The van der Waals surface area contributed by atoms with Gasteiger partial charge >= 0.3 is 0 Å². The highest BCUT2D eigenvalue weighted by atomic mass is 32.1. The van der Waals surface area contributed by atoms with Crippen molar-refractivity contribution in [3.05, 3.63) is 110 Å². The summed E-state index contributed by atoms with van der Waals surface area (Å²) in [6.07, 6.45) is 0. The number of hydrogen-bond acceptors (Lipinski definition) is 5. The molecule has 1 aliphatic rings. The van der Waals surface area contributed by atoms with Gasteiger partial charge in [-0.15, -0.1) is 5.10 Å². The van der Waals surface area contributed by atoms with Crippen molar-refractivity contribution in [1.29, 1.82) is 0 Å². The van der Waals surface area contributed by atoms with E-state index in [4.69, 9.17) is 0 Å². The van der Waals surface area contributed by atoms with Gasteiger partial charge in [-0.25, -0.2) is 4.39 Å². The number of halogens is 1. The number of amides is 1. The zero-order valence-electron chi connectivity index (χ0n) is 18.0. The number of carbonyl (C=O) groups is 1. The molecule has 0 radical (unpaired) electrons. The average Bonchev–Trinajstić information content (AvgIpc) is 3.47. The normalized spacial score (nSPS) is 14.8. The van der Waals surface area contributed by atoms with E-state index in [1.807, 2.05) is 55.5 Å². The van der Waals surface area contributed by atoms with Crippen LogP contribution in [-0.2, 0) is 11.3 Å². The Morgan fingerprint density at radius 1 is 0.941 bits per heavy atom. The number of fused-ring (bicyclic) bond motifs is 2. The van der Waals surface area contributed by atoms with Gasteiger partial charge in [0.1, 0.15) is 10.3 Å². The van der Waals surface area contributed by atoms with Crippen LogP contribution in [0.25, 0.3) is 21.9 Å². The minimum absolute atomic E-state index is 0.270. The van der Waals surface area contributed by atoms with Crippen LogP contribution in [-0.4, -0.2) is 20.5 Å². The summed E-state index contributed by atoms with van der Waals surface area (Å²) in [5.74, 6) is -0.138. The van der Waals surface area contributed by atoms with E-state index in [1.165, 1.54) is 16.6 Å². The van der Waals surface area contributed by atoms with Crippen molar-refractivity contribution in [3.8, 4) is 11.4 Å². The van der Waals surface area contributed by atoms with Crippen LogP contribution in [0, 0.1) is 12.7 Å². The summed E-state index contributed by atoms with van der Waals surface area (Å²) in [4.78, 5) is 33.4. The minimum Gasteiger partial charge on any atom is -0.303 e. The molecule has 6 nitrogen and oxygen atoms in total. The topological polar surface area (TPSA) is 67.6 Å². The molecule has 1 amide bonds. The number of para-hydroxylation sites is 1. The van der Waals surface area contributed by atoms with Crippen molar-refractivity contribution in [1.82, 2.24) is 14.6 Å². The molecule has 3 aromatic carbocycles. The summed E-state index contributed by atoms with van der Waals surface area (Å²) in [7, 11) is 0. The molecule has 0 saturated heterocycles. The van der Waals surface area contributed by atoms with Crippen LogP contribution < -0.4 is 15.0 Å². The fourth-order valence-electron chi connectivity index (χ4n) is 4.14. The Hall–Kier alpha value is -4.17. The molecule has 0 spiro atoms. The maximum atomic E-state index is 13.5. The first-order valence-electron chi connectivity index (χ1n) is 10.7. The number of aryl methyl sites for hydroxylation is 1. The van der Waals surface area contributed by atoms with Crippen molar-refractivity contribution < 1.29 is 9.18 Å². The molecule has 3 heterocycles. The lowest BCUT2D eigenvalue weighted by Crippen LogP contribution is -2.32. The lowest BCUT2D eigenvalue weighted by atomic mass is 10.1. The lowest BCUT2D eigenvalue weighted by molar-refractivity contribution is -0.113. The largest absolute Gasteiger partial charge is 0.303 e. The Morgan fingerprint density at radius 3 is 2.41 bits per heavy atom. The maximum absolute atomic E-state index is 13.5. The van der Waals surface area contributed by atoms with Gasteiger partial charge < -0.3 is 4.90 Å². The second-order valence-electron chi connectivity index (χ2n) is 8.14. The number of rotatable bonds is 3. The molecule has 1 aliphatic heterocycles. The number of carbonyl (C=O) groups excluding carboxylic acids is 1. The van der Waals surface area contributed by atoms with Crippen LogP contribution in [0.5, 0.6) is 0 Å². The quantitative estimate of drug-likeness (QED) is 0.405. The average molecular weight is 469 g/mol. The fraction of sp³-hybridized carbons (Fsp3) is 0.0769. The predicted octanol–water partition coefficient (Wildman–Crippen LogP) is 3.73. The van der Waals surface area contributed by atoms with Gasteiger partial charge in [0.15, 0.2) is 5.82 Å². The first-order valence-corrected chi connectivity index (χ1v) is 11.5. The van der Waals surface area contributed by atoms with E-state index in [-0.39, 0.29) is 23.8 Å². The standard InChI is InChI=1S/C26H17FN4O2S/c1-15-6-10-17(11-7-15)23-28-26-31(29-23)25(33)22(34-26)21-19-4-2-3-5-20(19)30(24(21)32)14-16-8-12-18(27)13-9-16/h2-13H,14H2,1H3. The van der Waals surface area contributed by atoms with Crippen LogP contribution in [0.15, 0.2) is 77.6 Å². The maximum Gasteiger partial charge on any atom is 0.291 e. The summed E-state index contributed by atoms with van der Waals surface area (Å²) in [5, 5.41) is 4.41. The molecular formula is C26H17FN4O2S. The van der Waals surface area contributed by atoms with E-state index in [0.717, 1.165) is 28.0 Å². The van der Waals surface area contributed by atoms with Gasteiger partial charge in [0.25, 0.3) is 11.5 Å². The Kier molecular flexibility index (Phi) is 4.63. The molecule has 6 rings (SSSR count). The molecule has 34 heavy (non-hydrogen) atoms. The van der Waals surface area contributed by atoms with E-state index >= 15 is 0 Å². The zero-order valence-corrected chi connectivity index (χ0v) is 18.8. The molecule has 0 aliphatic carbocycles. The van der Waals surface area contributed by atoms with Gasteiger partial charge in [0, 0.05) is 11.1 Å². The third-order valence-corrected chi connectivity index (χ3v) is 6.90. The number of thiazole rings is 1. The highest BCUT2D eigenvalue weighted by molar-refractivity contribution is 7.15. The Labute approximate surface area is 197 Å². The first kappa shape index (κ1) is 20.4. The predicted molar refractivity (Wildman–Crippen MR) is 129 cm³/mol. The summed E-state index contributed by atoms with van der Waals surface area (Å²) < 4.78 is 14.9. The summed E-state index contributed by atoms with van der Waals surface area (Å²) in [6.45, 7) is 2.27. The fourth-order valence-corrected chi connectivity index (χ4v) is 5.14. The van der Waals surface area contributed by atoms with Gasteiger partial charge in [-0.05, 0) is 30.7 Å². The van der Waals surface area contributed by atoms with Gasteiger partial charge in [-0.3, -0.25) is 9.59 Å². The van der Waals surface area contributed by atoms with Crippen LogP contribution >= 0.6 is 11.3 Å². The molecule has 0 N–H and O–H groups in total. The highest BCUT2D eigenvalue weighted by Crippen LogP contribution is 2.36. The summed E-state index contributed by atoms with van der Waals surface area (Å²) in [5.41, 5.74) is 4.11. The van der Waals surface area contributed by atoms with E-state index in [2.05, 4.69) is 10.1 Å². The molecule has 0 atom stereocenters. The van der Waals surface area contributed by atoms with E-state index in [0.29, 0.717) is 32.1 Å². The van der Waals surface area contributed by atoms with Crippen LogP contribution in [0.1, 0.15) is 16.7 Å². The molecule has 0 saturated carbocycles. The van der Waals surface area contributed by atoms with Crippen molar-refractivity contribution in [2.45, 2.75) is 13.5 Å². The second-order valence-corrected chi connectivity index (χ2v) is 9.12. The van der Waals surface area contributed by atoms with Crippen molar-refractivity contribution in [2.24, 2.45) is 0 Å². The molecular weight excluding hydrogens is 451 g/mol. The third-order valence-electron chi connectivity index (χ3n) is 5.87. The zero-order chi connectivity index (χ0) is 23.4. The third kappa shape index (κ3) is 3.22. The number of nitrogens with zero attached hydrogens (tertiary/aromatic N) is 4. The van der Waals surface area contributed by atoms with Crippen molar-refractivity contribution >= 4 is 33.5 Å². The minimum atomic E-state index is -0.368. The van der Waals surface area contributed by atoms with Crippen molar-refractivity contribution in [2.75, 3.05) is 4.90 Å². The molecule has 8 heteroatoms. The highest BCUT2D eigenvalue weighted by Gasteiger charge is 2.34. The van der Waals surface area contributed by atoms with E-state index in [1.54, 1.807) is 17.0 Å². The number of anilines is 1. The molecule has 0 bridgehead atoms. The van der Waals surface area contributed by atoms with Gasteiger partial charge in [-0.1, -0.05) is 71.5 Å². The van der Waals surface area contributed by atoms with Crippen LogP contribution in [0.4, 0.5) is 10.1 Å². The first-order chi connectivity index (χ1) is 16.5. The van der Waals surface area contributed by atoms with E-state index in [9.17, 15) is 14.0 Å². The number of benzene rings is 3. The number of hydrogen-bond donors (Lipinski definition) is 0. The van der Waals surface area contributed by atoms with Crippen LogP contribution in [0.2, 0.25) is 0 Å². The van der Waals surface area contributed by atoms with Gasteiger partial charge in [0.05, 0.1) is 17.8 Å². The molecule has 0 unspecified atom stereocenters. The SMILES string of the molecule is Cc1ccc(-c2nc3sc(=C4C(=O)N(Cc5ccc(F)cc5)c5ccccc54)c(=O)n3n2)cc1. The molecule has 0 fully saturated rings. The number of aromatic nitrogens is 3. The van der Waals surface area contributed by atoms with Crippen LogP contribution in [0.3, 0.4) is 0 Å². The lowest BCUT2D eigenvalue weighted by Gasteiger charge is -2.17. The Bertz CT molecular complexity index is 1690. The molecule has 5 aromatic rings. The van der Waals surface area contributed by atoms with Gasteiger partial charge in [-0.2, -0.15) is 9.50 Å². The smallest absolute Gasteiger partial charge is 0.291 e. The monoisotopic (exact) mass is 468 g/mol. The van der Waals surface area contributed by atoms with Crippen molar-refractivity contribution in [3.63, 3.8) is 0 Å². The Morgan fingerprint density at radius 2 is 1.68 bits per heavy atom. The second kappa shape index (κ2) is 7.71. The molecule has 2 aromatic heterocycles. The Balaban J connectivity index is 1.48. The van der Waals surface area contributed by atoms with E-state index < -0.39 is 0 Å².